The van der Waals surface area contributed by atoms with Crippen molar-refractivity contribution in [3.63, 3.8) is 0 Å². The van der Waals surface area contributed by atoms with Crippen LogP contribution in [0.4, 0.5) is 0 Å². The number of hydrogen-bond donors (Lipinski definition) is 1. The summed E-state index contributed by atoms with van der Waals surface area (Å²) in [5.41, 5.74) is 6.08. The molecule has 1 aliphatic heterocycles. The van der Waals surface area contributed by atoms with E-state index in [2.05, 4.69) is 0 Å². The lowest BCUT2D eigenvalue weighted by molar-refractivity contribution is -0.00495. The van der Waals surface area contributed by atoms with Gasteiger partial charge in [0.25, 0.3) is 0 Å². The highest BCUT2D eigenvalue weighted by atomic mass is 16.6. The highest BCUT2D eigenvalue weighted by Crippen LogP contribution is 2.19. The van der Waals surface area contributed by atoms with E-state index in [-0.39, 0.29) is 18.2 Å². The number of benzene rings is 1. The van der Waals surface area contributed by atoms with Gasteiger partial charge >= 0.3 is 5.97 Å². The van der Waals surface area contributed by atoms with E-state index in [1.54, 1.807) is 12.1 Å². The molecule has 0 amide bonds. The molecule has 0 spiro atoms. The van der Waals surface area contributed by atoms with Crippen LogP contribution in [0.2, 0.25) is 0 Å². The molecule has 0 aliphatic carbocycles. The number of esters is 1. The Hall–Kier alpha value is -1.39. The van der Waals surface area contributed by atoms with Crippen molar-refractivity contribution in [3.8, 4) is 0 Å². The SMILES string of the molecule is NC[C@@H]1CC[C@H](COC(=O)c2ccccc2)O1. The van der Waals surface area contributed by atoms with Gasteiger partial charge in [-0.05, 0) is 25.0 Å². The van der Waals surface area contributed by atoms with Gasteiger partial charge < -0.3 is 15.2 Å². The second-order valence-electron chi connectivity index (χ2n) is 4.16. The Kier molecular flexibility index (Phi) is 4.12. The minimum absolute atomic E-state index is 0.00351. The maximum Gasteiger partial charge on any atom is 0.338 e. The molecule has 0 unspecified atom stereocenters. The van der Waals surface area contributed by atoms with Gasteiger partial charge in [-0.15, -0.1) is 0 Å². The van der Waals surface area contributed by atoms with Gasteiger partial charge in [0.05, 0.1) is 17.8 Å². The second-order valence-corrected chi connectivity index (χ2v) is 4.16. The van der Waals surface area contributed by atoms with Gasteiger partial charge in [0.1, 0.15) is 6.61 Å². The van der Waals surface area contributed by atoms with Crippen LogP contribution in [0.25, 0.3) is 0 Å². The fraction of sp³-hybridized carbons (Fsp3) is 0.462. The van der Waals surface area contributed by atoms with Crippen LogP contribution in [0.3, 0.4) is 0 Å². The van der Waals surface area contributed by atoms with Gasteiger partial charge in [0.15, 0.2) is 0 Å². The normalized spacial score (nSPS) is 23.6. The zero-order chi connectivity index (χ0) is 12.1. The van der Waals surface area contributed by atoms with Crippen LogP contribution in [-0.4, -0.2) is 31.3 Å². The van der Waals surface area contributed by atoms with Crippen LogP contribution in [0, 0.1) is 0 Å². The van der Waals surface area contributed by atoms with Crippen molar-refractivity contribution in [3.05, 3.63) is 35.9 Å². The molecule has 2 N–H and O–H groups in total. The first-order valence-electron chi connectivity index (χ1n) is 5.87. The van der Waals surface area contributed by atoms with Gasteiger partial charge in [-0.25, -0.2) is 4.79 Å². The lowest BCUT2D eigenvalue weighted by Gasteiger charge is -2.12. The Morgan fingerprint density at radius 2 is 2.00 bits per heavy atom. The van der Waals surface area contributed by atoms with E-state index in [0.29, 0.717) is 18.7 Å². The molecule has 1 saturated heterocycles. The summed E-state index contributed by atoms with van der Waals surface area (Å²) in [5, 5.41) is 0. The maximum absolute atomic E-state index is 11.6. The van der Waals surface area contributed by atoms with Crippen molar-refractivity contribution in [1.29, 1.82) is 0 Å². The van der Waals surface area contributed by atoms with Gasteiger partial charge in [0.2, 0.25) is 0 Å². The average molecular weight is 235 g/mol. The molecule has 2 atom stereocenters. The molecule has 0 aromatic heterocycles. The van der Waals surface area contributed by atoms with E-state index in [4.69, 9.17) is 15.2 Å². The molecule has 4 nitrogen and oxygen atoms in total. The third-order valence-electron chi connectivity index (χ3n) is 2.87. The number of ether oxygens (including phenoxy) is 2. The van der Waals surface area contributed by atoms with Crippen LogP contribution in [0.15, 0.2) is 30.3 Å². The molecule has 1 fully saturated rings. The van der Waals surface area contributed by atoms with E-state index in [1.165, 1.54) is 0 Å². The highest BCUT2D eigenvalue weighted by molar-refractivity contribution is 5.89. The Balaban J connectivity index is 1.78. The van der Waals surface area contributed by atoms with E-state index in [9.17, 15) is 4.79 Å². The van der Waals surface area contributed by atoms with Gasteiger partial charge in [0, 0.05) is 6.54 Å². The lowest BCUT2D eigenvalue weighted by atomic mass is 10.2. The Labute approximate surface area is 101 Å². The van der Waals surface area contributed by atoms with E-state index in [0.717, 1.165) is 12.8 Å². The molecular formula is C13H17NO3. The van der Waals surface area contributed by atoms with E-state index in [1.807, 2.05) is 18.2 Å². The summed E-state index contributed by atoms with van der Waals surface area (Å²) in [4.78, 5) is 11.6. The topological polar surface area (TPSA) is 61.5 Å². The maximum atomic E-state index is 11.6. The molecule has 1 heterocycles. The standard InChI is InChI=1S/C13H17NO3/c14-8-11-6-7-12(17-11)9-16-13(15)10-4-2-1-3-5-10/h1-5,11-12H,6-9,14H2/t11-,12+/m0/s1. The Morgan fingerprint density at radius 1 is 1.29 bits per heavy atom. The van der Waals surface area contributed by atoms with Crippen molar-refractivity contribution in [2.24, 2.45) is 5.73 Å². The minimum atomic E-state index is -0.301. The summed E-state index contributed by atoms with van der Waals surface area (Å²) < 4.78 is 10.8. The third kappa shape index (κ3) is 3.28. The number of nitrogens with two attached hydrogens (primary N) is 1. The van der Waals surface area contributed by atoms with Crippen molar-refractivity contribution in [1.82, 2.24) is 0 Å². The quantitative estimate of drug-likeness (QED) is 0.800. The molecule has 4 heteroatoms. The third-order valence-corrected chi connectivity index (χ3v) is 2.87. The van der Waals surface area contributed by atoms with E-state index >= 15 is 0 Å². The minimum Gasteiger partial charge on any atom is -0.459 e. The first kappa shape index (κ1) is 12.1. The van der Waals surface area contributed by atoms with Crippen LogP contribution in [-0.2, 0) is 9.47 Å². The molecule has 0 bridgehead atoms. The predicted octanol–water partition coefficient (Wildman–Crippen LogP) is 1.35. The van der Waals surface area contributed by atoms with Gasteiger partial charge in [-0.2, -0.15) is 0 Å². The Morgan fingerprint density at radius 3 is 2.65 bits per heavy atom. The van der Waals surface area contributed by atoms with Crippen molar-refractivity contribution < 1.29 is 14.3 Å². The smallest absolute Gasteiger partial charge is 0.338 e. The molecule has 92 valence electrons. The molecule has 0 radical (unpaired) electrons. The fourth-order valence-electron chi connectivity index (χ4n) is 1.90. The monoisotopic (exact) mass is 235 g/mol. The van der Waals surface area contributed by atoms with Crippen LogP contribution in [0.1, 0.15) is 23.2 Å². The average Bonchev–Trinajstić information content (AvgIpc) is 2.85. The van der Waals surface area contributed by atoms with Crippen LogP contribution in [0.5, 0.6) is 0 Å². The first-order chi connectivity index (χ1) is 8.29. The molecule has 1 aromatic rings. The van der Waals surface area contributed by atoms with Gasteiger partial charge in [-0.3, -0.25) is 0 Å². The Bertz CT molecular complexity index is 366. The zero-order valence-corrected chi connectivity index (χ0v) is 9.67. The lowest BCUT2D eigenvalue weighted by Crippen LogP contribution is -2.23. The fourth-order valence-corrected chi connectivity index (χ4v) is 1.90. The molecule has 1 aliphatic rings. The molecule has 0 saturated carbocycles. The summed E-state index contributed by atoms with van der Waals surface area (Å²) in [6, 6.07) is 8.96. The zero-order valence-electron chi connectivity index (χ0n) is 9.67. The summed E-state index contributed by atoms with van der Waals surface area (Å²) in [7, 11) is 0. The number of hydrogen-bond acceptors (Lipinski definition) is 4. The summed E-state index contributed by atoms with van der Waals surface area (Å²) in [6.45, 7) is 0.841. The van der Waals surface area contributed by atoms with Crippen molar-refractivity contribution in [2.75, 3.05) is 13.2 Å². The molecule has 17 heavy (non-hydrogen) atoms. The first-order valence-corrected chi connectivity index (χ1v) is 5.87. The van der Waals surface area contributed by atoms with Crippen LogP contribution >= 0.6 is 0 Å². The number of rotatable bonds is 4. The highest BCUT2D eigenvalue weighted by Gasteiger charge is 2.25. The molecule has 1 aromatic carbocycles. The summed E-state index contributed by atoms with van der Waals surface area (Å²) >= 11 is 0. The van der Waals surface area contributed by atoms with E-state index < -0.39 is 0 Å². The van der Waals surface area contributed by atoms with Crippen LogP contribution < -0.4 is 5.73 Å². The largest absolute Gasteiger partial charge is 0.459 e. The van der Waals surface area contributed by atoms with Crippen molar-refractivity contribution >= 4 is 5.97 Å². The summed E-state index contributed by atoms with van der Waals surface area (Å²) in [6.07, 6.45) is 1.97. The molecular weight excluding hydrogens is 218 g/mol. The predicted molar refractivity (Wildman–Crippen MR) is 63.7 cm³/mol. The molecule has 2 rings (SSSR count). The number of carbonyl (C=O) groups is 1. The summed E-state index contributed by atoms with van der Waals surface area (Å²) in [5.74, 6) is -0.301. The second kappa shape index (κ2) is 5.80. The van der Waals surface area contributed by atoms with Crippen molar-refractivity contribution in [2.45, 2.75) is 25.0 Å². The number of carbonyl (C=O) groups excluding carboxylic acids is 1. The van der Waals surface area contributed by atoms with Gasteiger partial charge in [-0.1, -0.05) is 18.2 Å².